The second kappa shape index (κ2) is 30.3. The van der Waals surface area contributed by atoms with Gasteiger partial charge >= 0.3 is 0 Å². The van der Waals surface area contributed by atoms with Gasteiger partial charge in [-0.1, -0.05) is 191 Å². The molecule has 0 bridgehead atoms. The third kappa shape index (κ3) is 16.4. The summed E-state index contributed by atoms with van der Waals surface area (Å²) in [6.45, 7) is 2.80. The summed E-state index contributed by atoms with van der Waals surface area (Å²) >= 11 is 0. The van der Waals surface area contributed by atoms with E-state index in [1.54, 1.807) is 31.4 Å². The predicted octanol–water partition coefficient (Wildman–Crippen LogP) is 12.5. The molecule has 3 aliphatic rings. The first-order chi connectivity index (χ1) is 38.9. The van der Waals surface area contributed by atoms with Gasteiger partial charge in [0.2, 0.25) is 0 Å². The van der Waals surface area contributed by atoms with E-state index in [9.17, 15) is 14.4 Å². The van der Waals surface area contributed by atoms with Crippen molar-refractivity contribution < 1.29 is 52.3 Å². The zero-order chi connectivity index (χ0) is 54.4. The van der Waals surface area contributed by atoms with Crippen LogP contribution in [-0.2, 0) is 71.0 Å². The molecule has 6 aromatic rings. The molecule has 0 unspecified atom stereocenters. The fourth-order valence-electron chi connectivity index (χ4n) is 11.3. The Hall–Kier alpha value is -6.35. The first-order valence-corrected chi connectivity index (χ1v) is 28.5. The molecule has 3 aliphatic heterocycles. The second-order valence-corrected chi connectivity index (χ2v) is 21.1. The van der Waals surface area contributed by atoms with Crippen LogP contribution in [0.15, 0.2) is 170 Å². The van der Waals surface area contributed by atoms with Gasteiger partial charge in [0, 0.05) is 18.9 Å². The van der Waals surface area contributed by atoms with Gasteiger partial charge in [-0.25, -0.2) is 0 Å². The summed E-state index contributed by atoms with van der Waals surface area (Å²) in [5.41, 5.74) is 5.78. The van der Waals surface area contributed by atoms with Crippen molar-refractivity contribution in [3.05, 3.63) is 209 Å². The molecular weight excluding hydrogens is 995 g/mol. The van der Waals surface area contributed by atoms with Gasteiger partial charge in [-0.15, -0.1) is 0 Å². The number of carbonyl (C=O) groups excluding carboxylic acids is 3. The molecule has 2 fully saturated rings. The van der Waals surface area contributed by atoms with Gasteiger partial charge in [0.15, 0.2) is 5.78 Å². The number of unbranched alkanes of at least 4 members (excludes halogenated alkanes) is 7. The Morgan fingerprint density at radius 2 is 0.937 bits per heavy atom. The van der Waals surface area contributed by atoms with Crippen molar-refractivity contribution >= 4 is 17.6 Å². The Kier molecular flexibility index (Phi) is 22.0. The number of hydrogen-bond acceptors (Lipinski definition) is 11. The highest BCUT2D eigenvalue weighted by atomic mass is 16.6. The Morgan fingerprint density at radius 1 is 0.468 bits per heavy atom. The van der Waals surface area contributed by atoms with Gasteiger partial charge < -0.3 is 37.9 Å². The number of amides is 2. The molecule has 12 heteroatoms. The number of benzene rings is 6. The highest BCUT2D eigenvalue weighted by molar-refractivity contribution is 6.21. The van der Waals surface area contributed by atoms with Crippen LogP contribution in [0.4, 0.5) is 0 Å². The minimum atomic E-state index is -0.865. The summed E-state index contributed by atoms with van der Waals surface area (Å²) in [6.07, 6.45) is 5.31. The van der Waals surface area contributed by atoms with Crippen LogP contribution >= 0.6 is 0 Å². The molecule has 3 heterocycles. The Balaban J connectivity index is 0.935. The number of fused-ring (bicyclic) bond motifs is 1. The van der Waals surface area contributed by atoms with E-state index in [2.05, 4.69) is 0 Å². The number of ketones is 1. The maximum Gasteiger partial charge on any atom is 0.261 e. The lowest BCUT2D eigenvalue weighted by Crippen LogP contribution is -2.64. The lowest BCUT2D eigenvalue weighted by atomic mass is 9.78. The topological polar surface area (TPSA) is 128 Å². The van der Waals surface area contributed by atoms with E-state index in [0.29, 0.717) is 43.8 Å². The quantitative estimate of drug-likeness (QED) is 0.0305. The lowest BCUT2D eigenvalue weighted by molar-refractivity contribution is -0.219. The van der Waals surface area contributed by atoms with Gasteiger partial charge in [0.25, 0.3) is 11.8 Å². The number of nitrogens with zero attached hydrogens (tertiary/aromatic N) is 1. The van der Waals surface area contributed by atoms with Crippen molar-refractivity contribution in [2.45, 2.75) is 146 Å². The van der Waals surface area contributed by atoms with Crippen LogP contribution in [0, 0.1) is 5.92 Å². The maximum absolute atomic E-state index is 14.8. The number of ether oxygens (including phenoxy) is 8. The number of Topliss-reactive ketones (excluding diaryl/α,β-unsaturated/α-hetero) is 1. The predicted molar refractivity (Wildman–Crippen MR) is 302 cm³/mol. The van der Waals surface area contributed by atoms with E-state index in [0.717, 1.165) is 91.5 Å². The van der Waals surface area contributed by atoms with Crippen LogP contribution in [0.5, 0.6) is 5.75 Å². The fraction of sp³-hybridized carbons (Fsp3) is 0.418. The molecule has 12 nitrogen and oxygen atoms in total. The monoisotopic (exact) mass is 1070 g/mol. The molecule has 416 valence electrons. The number of hydrogen-bond donors (Lipinski definition) is 0. The van der Waals surface area contributed by atoms with Gasteiger partial charge in [-0.2, -0.15) is 0 Å². The smallest absolute Gasteiger partial charge is 0.261 e. The highest BCUT2D eigenvalue weighted by Gasteiger charge is 2.55. The summed E-state index contributed by atoms with van der Waals surface area (Å²) in [5.74, 6) is -0.471. The molecule has 79 heavy (non-hydrogen) atoms. The van der Waals surface area contributed by atoms with E-state index < -0.39 is 48.6 Å². The number of carbonyl (C=O) groups is 3. The van der Waals surface area contributed by atoms with E-state index in [-0.39, 0.29) is 50.4 Å². The van der Waals surface area contributed by atoms with Crippen molar-refractivity contribution in [3.63, 3.8) is 0 Å². The standard InChI is InChI=1S/C67H77NO11/c1-72-54-37-35-53(36-38-54)42-73-39-23-7-5-3-2-4-6-20-34-60-63(68-66(70)56-32-21-22-33-57(56)67(68)71)64(76-45-51-28-16-10-17-29-51)58(61(79-60)47-74-43-49-24-12-8-13-25-49)40-55-41-59(69)65(77-46-52-30-18-11-19-31-52)62(78-55)48-75-44-50-26-14-9-15-27-50/h8-19,21-22,24-33,35-38,55,58,60-65H,2-7,20,23,34,39-48H2,1H3/t55-,58+,60-,61+,62+,63-,64-,65+/m0/s1. The zero-order valence-electron chi connectivity index (χ0n) is 45.7. The van der Waals surface area contributed by atoms with Crippen LogP contribution in [0.25, 0.3) is 0 Å². The molecule has 9 rings (SSSR count). The number of rotatable bonds is 31. The van der Waals surface area contributed by atoms with Crippen molar-refractivity contribution in [3.8, 4) is 5.75 Å². The maximum atomic E-state index is 14.8. The van der Waals surface area contributed by atoms with Crippen LogP contribution in [0.2, 0.25) is 0 Å². The molecule has 0 N–H and O–H groups in total. The summed E-state index contributed by atoms with van der Waals surface area (Å²) in [7, 11) is 1.67. The van der Waals surface area contributed by atoms with Crippen LogP contribution in [0.1, 0.15) is 119 Å². The van der Waals surface area contributed by atoms with Crippen LogP contribution in [0.3, 0.4) is 0 Å². The Morgan fingerprint density at radius 3 is 1.49 bits per heavy atom. The van der Waals surface area contributed by atoms with Gasteiger partial charge in [0.1, 0.15) is 18.0 Å². The largest absolute Gasteiger partial charge is 0.497 e. The van der Waals surface area contributed by atoms with E-state index in [1.807, 2.05) is 146 Å². The minimum Gasteiger partial charge on any atom is -0.497 e. The summed E-state index contributed by atoms with van der Waals surface area (Å²) in [4.78, 5) is 45.5. The molecule has 0 aromatic heterocycles. The first-order valence-electron chi connectivity index (χ1n) is 28.5. The summed E-state index contributed by atoms with van der Waals surface area (Å²) < 4.78 is 52.0. The Bertz CT molecular complexity index is 2730. The minimum absolute atomic E-state index is 0.0770. The summed E-state index contributed by atoms with van der Waals surface area (Å²) in [6, 6.07) is 53.9. The van der Waals surface area contributed by atoms with Crippen molar-refractivity contribution in [2.24, 2.45) is 5.92 Å². The molecule has 0 radical (unpaired) electrons. The molecule has 8 atom stereocenters. The molecule has 0 saturated carbocycles. The molecule has 0 aliphatic carbocycles. The van der Waals surface area contributed by atoms with E-state index in [1.165, 1.54) is 4.90 Å². The Labute approximate surface area is 466 Å². The second-order valence-electron chi connectivity index (χ2n) is 21.1. The highest BCUT2D eigenvalue weighted by Crippen LogP contribution is 2.42. The van der Waals surface area contributed by atoms with Gasteiger partial charge in [0.05, 0.1) is 94.9 Å². The summed E-state index contributed by atoms with van der Waals surface area (Å²) in [5, 5.41) is 0. The number of imide groups is 1. The number of methoxy groups -OCH3 is 1. The average Bonchev–Trinajstić information content (AvgIpc) is 3.80. The van der Waals surface area contributed by atoms with Crippen LogP contribution < -0.4 is 4.74 Å². The molecule has 2 amide bonds. The fourth-order valence-corrected chi connectivity index (χ4v) is 11.3. The first kappa shape index (κ1) is 57.3. The average molecular weight is 1070 g/mol. The molecule has 0 spiro atoms. The van der Waals surface area contributed by atoms with Crippen molar-refractivity contribution in [2.75, 3.05) is 26.9 Å². The third-order valence-corrected chi connectivity index (χ3v) is 15.4. The van der Waals surface area contributed by atoms with E-state index in [4.69, 9.17) is 37.9 Å². The van der Waals surface area contributed by atoms with Crippen molar-refractivity contribution in [1.82, 2.24) is 4.90 Å². The zero-order valence-corrected chi connectivity index (χ0v) is 45.7. The van der Waals surface area contributed by atoms with Gasteiger partial charge in [-0.05, 0) is 71.3 Å². The third-order valence-electron chi connectivity index (χ3n) is 15.4. The molecule has 6 aromatic carbocycles. The van der Waals surface area contributed by atoms with Gasteiger partial charge in [-0.3, -0.25) is 19.3 Å². The van der Waals surface area contributed by atoms with E-state index >= 15 is 0 Å². The SMILES string of the molecule is COc1ccc(COCCCCCCCCCC[C@@H]2O[C@H](COCc3ccccc3)[C@@H](C[C@H]3CC(=O)[C@@H](OCc4ccccc4)[C@@H](COCc4ccccc4)O3)[C@H](OCc3ccccc3)[C@H]2N2C(=O)c3ccccc3C2=O)cc1. The lowest BCUT2D eigenvalue weighted by Gasteiger charge is -2.50. The van der Waals surface area contributed by atoms with Crippen LogP contribution in [-0.4, -0.2) is 92.1 Å². The molecule has 2 saturated heterocycles. The molecular formula is C67H77NO11. The normalized spacial score (nSPS) is 22.0. The van der Waals surface area contributed by atoms with Crippen molar-refractivity contribution in [1.29, 1.82) is 0 Å².